The lowest BCUT2D eigenvalue weighted by atomic mass is 10.2. The van der Waals surface area contributed by atoms with Crippen molar-refractivity contribution < 1.29 is 13.9 Å². The Balaban J connectivity index is 1.96. The summed E-state index contributed by atoms with van der Waals surface area (Å²) < 4.78 is 16.0. The fourth-order valence-electron chi connectivity index (χ4n) is 2.25. The lowest BCUT2D eigenvalue weighted by Gasteiger charge is -2.12. The molecule has 6 heteroatoms. The van der Waals surface area contributed by atoms with E-state index in [0.717, 1.165) is 48.3 Å². The average molecular weight is 331 g/mol. The van der Waals surface area contributed by atoms with Crippen molar-refractivity contribution in [3.63, 3.8) is 0 Å². The Hall–Kier alpha value is -2.63. The van der Waals surface area contributed by atoms with Gasteiger partial charge in [0.1, 0.15) is 17.3 Å². The Bertz CT molecular complexity index is 639. The van der Waals surface area contributed by atoms with E-state index < -0.39 is 0 Å². The molecule has 0 spiro atoms. The molecule has 24 heavy (non-hydrogen) atoms. The Morgan fingerprint density at radius 3 is 2.71 bits per heavy atom. The van der Waals surface area contributed by atoms with Crippen LogP contribution in [-0.2, 0) is 13.0 Å². The first-order valence-electron chi connectivity index (χ1n) is 8.02. The van der Waals surface area contributed by atoms with Crippen molar-refractivity contribution in [1.29, 1.82) is 0 Å². The normalized spacial score (nSPS) is 11.2. The van der Waals surface area contributed by atoms with Crippen LogP contribution in [-0.4, -0.2) is 33.3 Å². The second kappa shape index (κ2) is 9.50. The molecular weight excluding hydrogens is 306 g/mol. The number of rotatable bonds is 8. The van der Waals surface area contributed by atoms with Crippen LogP contribution < -0.4 is 20.1 Å². The minimum absolute atomic E-state index is 0.517. The molecule has 0 aliphatic carbocycles. The molecule has 0 saturated heterocycles. The molecule has 0 saturated carbocycles. The van der Waals surface area contributed by atoms with E-state index in [0.29, 0.717) is 6.54 Å². The highest BCUT2D eigenvalue weighted by Crippen LogP contribution is 2.25. The third kappa shape index (κ3) is 5.22. The molecule has 0 aliphatic rings. The highest BCUT2D eigenvalue weighted by molar-refractivity contribution is 5.79. The predicted molar refractivity (Wildman–Crippen MR) is 94.8 cm³/mol. The number of ether oxygens (including phenoxy) is 2. The molecule has 1 aromatic heterocycles. The Morgan fingerprint density at radius 2 is 2.04 bits per heavy atom. The maximum atomic E-state index is 5.41. The minimum Gasteiger partial charge on any atom is -0.497 e. The van der Waals surface area contributed by atoms with Crippen LogP contribution in [0.3, 0.4) is 0 Å². The second-order valence-corrected chi connectivity index (χ2v) is 5.13. The molecule has 0 fully saturated rings. The standard InChI is InChI=1S/C18H25N3O3/c1-4-19-18(20-10-9-15-6-5-11-24-15)21-13-14-7-8-16(22-2)12-17(14)23-3/h5-8,11-12H,4,9-10,13H2,1-3H3,(H2,19,20,21). The molecule has 0 aliphatic heterocycles. The first-order valence-corrected chi connectivity index (χ1v) is 8.02. The molecule has 0 amide bonds. The van der Waals surface area contributed by atoms with Crippen LogP contribution in [0.4, 0.5) is 0 Å². The number of nitrogens with one attached hydrogen (secondary N) is 2. The highest BCUT2D eigenvalue weighted by Gasteiger charge is 2.05. The summed E-state index contributed by atoms with van der Waals surface area (Å²) in [7, 11) is 3.29. The van der Waals surface area contributed by atoms with Gasteiger partial charge in [-0.05, 0) is 31.2 Å². The van der Waals surface area contributed by atoms with Crippen molar-refractivity contribution in [2.45, 2.75) is 19.9 Å². The number of benzene rings is 1. The van der Waals surface area contributed by atoms with Gasteiger partial charge >= 0.3 is 0 Å². The number of guanidine groups is 1. The van der Waals surface area contributed by atoms with Crippen LogP contribution in [0.1, 0.15) is 18.2 Å². The zero-order valence-electron chi connectivity index (χ0n) is 14.5. The zero-order chi connectivity index (χ0) is 17.2. The smallest absolute Gasteiger partial charge is 0.191 e. The maximum Gasteiger partial charge on any atom is 0.191 e. The van der Waals surface area contributed by atoms with Gasteiger partial charge in [-0.1, -0.05) is 0 Å². The van der Waals surface area contributed by atoms with Gasteiger partial charge in [-0.15, -0.1) is 0 Å². The summed E-state index contributed by atoms with van der Waals surface area (Å²) in [5.41, 5.74) is 1.00. The van der Waals surface area contributed by atoms with E-state index in [-0.39, 0.29) is 0 Å². The van der Waals surface area contributed by atoms with Crippen LogP contribution in [0.25, 0.3) is 0 Å². The number of aliphatic imine (C=N–C) groups is 1. The molecule has 6 nitrogen and oxygen atoms in total. The van der Waals surface area contributed by atoms with E-state index in [1.54, 1.807) is 20.5 Å². The lowest BCUT2D eigenvalue weighted by molar-refractivity contribution is 0.391. The van der Waals surface area contributed by atoms with Crippen LogP contribution in [0, 0.1) is 0 Å². The average Bonchev–Trinajstić information content (AvgIpc) is 3.13. The van der Waals surface area contributed by atoms with Gasteiger partial charge in [-0.2, -0.15) is 0 Å². The van der Waals surface area contributed by atoms with Crippen LogP contribution >= 0.6 is 0 Å². The second-order valence-electron chi connectivity index (χ2n) is 5.13. The van der Waals surface area contributed by atoms with Crippen LogP contribution in [0.2, 0.25) is 0 Å². The number of methoxy groups -OCH3 is 2. The molecule has 0 unspecified atom stereocenters. The van der Waals surface area contributed by atoms with Gasteiger partial charge in [-0.3, -0.25) is 0 Å². The summed E-state index contributed by atoms with van der Waals surface area (Å²) in [5.74, 6) is 3.25. The van der Waals surface area contributed by atoms with E-state index >= 15 is 0 Å². The van der Waals surface area contributed by atoms with Crippen molar-refractivity contribution in [1.82, 2.24) is 10.6 Å². The SMILES string of the molecule is CCNC(=NCc1ccc(OC)cc1OC)NCCc1ccco1. The molecule has 1 heterocycles. The third-order valence-corrected chi connectivity index (χ3v) is 3.49. The summed E-state index contributed by atoms with van der Waals surface area (Å²) in [6, 6.07) is 9.60. The number of hydrogen-bond donors (Lipinski definition) is 2. The molecule has 0 radical (unpaired) electrons. The van der Waals surface area contributed by atoms with E-state index in [2.05, 4.69) is 15.6 Å². The van der Waals surface area contributed by atoms with Crippen molar-refractivity contribution in [3.8, 4) is 11.5 Å². The highest BCUT2D eigenvalue weighted by atomic mass is 16.5. The number of hydrogen-bond acceptors (Lipinski definition) is 4. The largest absolute Gasteiger partial charge is 0.497 e. The van der Waals surface area contributed by atoms with Gasteiger partial charge in [0.05, 0.1) is 27.0 Å². The van der Waals surface area contributed by atoms with Gasteiger partial charge in [0.25, 0.3) is 0 Å². The summed E-state index contributed by atoms with van der Waals surface area (Å²) in [5, 5.41) is 6.54. The first-order chi connectivity index (χ1) is 11.8. The molecule has 2 N–H and O–H groups in total. The van der Waals surface area contributed by atoms with E-state index in [1.807, 2.05) is 37.3 Å². The predicted octanol–water partition coefficient (Wildman–Crippen LogP) is 2.59. The molecular formula is C18H25N3O3. The Kier molecular flexibility index (Phi) is 7.01. The van der Waals surface area contributed by atoms with Crippen molar-refractivity contribution >= 4 is 5.96 Å². The maximum absolute atomic E-state index is 5.41. The Labute approximate surface area is 142 Å². The van der Waals surface area contributed by atoms with Gasteiger partial charge in [0, 0.05) is 31.1 Å². The van der Waals surface area contributed by atoms with Crippen LogP contribution in [0.15, 0.2) is 46.0 Å². The molecule has 2 rings (SSSR count). The molecule has 1 aromatic carbocycles. The Morgan fingerprint density at radius 1 is 1.17 bits per heavy atom. The van der Waals surface area contributed by atoms with Gasteiger partial charge in [-0.25, -0.2) is 4.99 Å². The zero-order valence-corrected chi connectivity index (χ0v) is 14.5. The lowest BCUT2D eigenvalue weighted by Crippen LogP contribution is -2.38. The van der Waals surface area contributed by atoms with Crippen molar-refractivity contribution in [2.24, 2.45) is 4.99 Å². The first kappa shape index (κ1) is 17.7. The molecule has 2 aromatic rings. The molecule has 0 atom stereocenters. The summed E-state index contributed by atoms with van der Waals surface area (Å²) >= 11 is 0. The van der Waals surface area contributed by atoms with Gasteiger partial charge in [0.15, 0.2) is 5.96 Å². The third-order valence-electron chi connectivity index (χ3n) is 3.49. The minimum atomic E-state index is 0.517. The van der Waals surface area contributed by atoms with Crippen LogP contribution in [0.5, 0.6) is 11.5 Å². The fraction of sp³-hybridized carbons (Fsp3) is 0.389. The topological polar surface area (TPSA) is 68.0 Å². The van der Waals surface area contributed by atoms with E-state index in [9.17, 15) is 0 Å². The van der Waals surface area contributed by atoms with Crippen molar-refractivity contribution in [2.75, 3.05) is 27.3 Å². The summed E-state index contributed by atoms with van der Waals surface area (Å²) in [4.78, 5) is 4.61. The van der Waals surface area contributed by atoms with Gasteiger partial charge < -0.3 is 24.5 Å². The van der Waals surface area contributed by atoms with E-state index in [1.165, 1.54) is 0 Å². The molecule has 130 valence electrons. The quantitative estimate of drug-likeness (QED) is 0.575. The monoisotopic (exact) mass is 331 g/mol. The van der Waals surface area contributed by atoms with Gasteiger partial charge in [0.2, 0.25) is 0 Å². The number of nitrogens with zero attached hydrogens (tertiary/aromatic N) is 1. The summed E-state index contributed by atoms with van der Waals surface area (Å²) in [6.45, 7) is 4.10. The number of furan rings is 1. The fourth-order valence-corrected chi connectivity index (χ4v) is 2.25. The van der Waals surface area contributed by atoms with Crippen molar-refractivity contribution in [3.05, 3.63) is 47.9 Å². The van der Waals surface area contributed by atoms with E-state index in [4.69, 9.17) is 13.9 Å². The summed E-state index contributed by atoms with van der Waals surface area (Å²) in [6.07, 6.45) is 2.49. The molecule has 0 bridgehead atoms.